The lowest BCUT2D eigenvalue weighted by atomic mass is 10.1. The van der Waals surface area contributed by atoms with Gasteiger partial charge in [-0.05, 0) is 12.5 Å². The van der Waals surface area contributed by atoms with Crippen LogP contribution in [-0.2, 0) is 9.53 Å². The molecule has 1 heterocycles. The van der Waals surface area contributed by atoms with Gasteiger partial charge in [0.15, 0.2) is 0 Å². The molecule has 9 heteroatoms. The van der Waals surface area contributed by atoms with E-state index in [1.54, 1.807) is 0 Å². The van der Waals surface area contributed by atoms with Crippen LogP contribution in [0.15, 0.2) is 18.2 Å². The molecule has 8 nitrogen and oxygen atoms in total. The summed E-state index contributed by atoms with van der Waals surface area (Å²) in [6, 6.07) is 2.66. The van der Waals surface area contributed by atoms with Crippen LogP contribution in [0.25, 0.3) is 0 Å². The number of methoxy groups -OCH3 is 1. The van der Waals surface area contributed by atoms with Crippen LogP contribution in [0.5, 0.6) is 0 Å². The molecule has 2 rings (SSSR count). The van der Waals surface area contributed by atoms with Gasteiger partial charge >= 0.3 is 5.97 Å². The average molecular weight is 324 g/mol. The van der Waals surface area contributed by atoms with Gasteiger partial charge in [-0.1, -0.05) is 11.8 Å². The minimum absolute atomic E-state index is 0.0701. The molecule has 1 atom stereocenters. The van der Waals surface area contributed by atoms with Crippen molar-refractivity contribution in [1.82, 2.24) is 5.32 Å². The number of non-ortho nitro benzene ring substituents is 1. The zero-order valence-electron chi connectivity index (χ0n) is 11.5. The number of carbonyl (C=O) groups excluding carboxylic acids is 3. The lowest BCUT2D eigenvalue weighted by molar-refractivity contribution is -0.384. The topological polar surface area (TPSA) is 116 Å². The molecule has 0 aromatic heterocycles. The van der Waals surface area contributed by atoms with Gasteiger partial charge < -0.3 is 10.1 Å². The fourth-order valence-electron chi connectivity index (χ4n) is 1.95. The third-order valence-electron chi connectivity index (χ3n) is 3.05. The lowest BCUT2D eigenvalue weighted by Crippen LogP contribution is -2.37. The van der Waals surface area contributed by atoms with Gasteiger partial charge in [0, 0.05) is 23.4 Å². The highest BCUT2D eigenvalue weighted by Gasteiger charge is 2.28. The fraction of sp³-hybridized carbons (Fsp3) is 0.308. The van der Waals surface area contributed by atoms with Crippen molar-refractivity contribution in [3.63, 3.8) is 0 Å². The van der Waals surface area contributed by atoms with E-state index in [0.717, 1.165) is 31.0 Å². The Morgan fingerprint density at radius 1 is 1.36 bits per heavy atom. The van der Waals surface area contributed by atoms with Gasteiger partial charge in [-0.2, -0.15) is 0 Å². The van der Waals surface area contributed by atoms with Gasteiger partial charge in [-0.15, -0.1) is 0 Å². The fourth-order valence-corrected chi connectivity index (χ4v) is 2.88. The van der Waals surface area contributed by atoms with Crippen LogP contribution in [0.1, 0.15) is 27.1 Å². The van der Waals surface area contributed by atoms with Crippen LogP contribution < -0.4 is 5.32 Å². The molecule has 1 aromatic carbocycles. The van der Waals surface area contributed by atoms with Gasteiger partial charge in [0.25, 0.3) is 11.6 Å². The first-order valence-electron chi connectivity index (χ1n) is 6.27. The normalized spacial score (nSPS) is 17.1. The Kier molecular flexibility index (Phi) is 4.76. The van der Waals surface area contributed by atoms with E-state index in [1.807, 2.05) is 0 Å². The van der Waals surface area contributed by atoms with E-state index in [-0.39, 0.29) is 16.2 Å². The van der Waals surface area contributed by atoms with Gasteiger partial charge in [-0.25, -0.2) is 4.79 Å². The zero-order valence-corrected chi connectivity index (χ0v) is 12.3. The summed E-state index contributed by atoms with van der Waals surface area (Å²) in [5.74, 6) is -0.813. The first kappa shape index (κ1) is 16.0. The van der Waals surface area contributed by atoms with E-state index >= 15 is 0 Å². The SMILES string of the molecule is COC(=O)c1cc(C(=O)NC2CCSC2=O)cc([N+](=O)[O-])c1. The minimum Gasteiger partial charge on any atom is -0.465 e. The number of rotatable bonds is 4. The molecule has 116 valence electrons. The molecule has 1 saturated heterocycles. The summed E-state index contributed by atoms with van der Waals surface area (Å²) in [7, 11) is 1.13. The zero-order chi connectivity index (χ0) is 16.3. The van der Waals surface area contributed by atoms with Gasteiger partial charge in [0.05, 0.1) is 23.6 Å². The molecule has 0 saturated carbocycles. The largest absolute Gasteiger partial charge is 0.465 e. The number of nitro benzene ring substituents is 1. The molecule has 1 fully saturated rings. The first-order chi connectivity index (χ1) is 10.4. The van der Waals surface area contributed by atoms with E-state index < -0.39 is 28.5 Å². The van der Waals surface area contributed by atoms with Crippen LogP contribution in [0, 0.1) is 10.1 Å². The Morgan fingerprint density at radius 2 is 2.05 bits per heavy atom. The van der Waals surface area contributed by atoms with Crippen molar-refractivity contribution in [2.24, 2.45) is 0 Å². The Hall–Kier alpha value is -2.42. The van der Waals surface area contributed by atoms with Crippen molar-refractivity contribution < 1.29 is 24.0 Å². The maximum atomic E-state index is 12.1. The number of nitrogens with one attached hydrogen (secondary N) is 1. The molecule has 1 aliphatic rings. The third kappa shape index (κ3) is 3.42. The molecule has 1 N–H and O–H groups in total. The predicted molar refractivity (Wildman–Crippen MR) is 77.8 cm³/mol. The number of hydrogen-bond donors (Lipinski definition) is 1. The van der Waals surface area contributed by atoms with Crippen LogP contribution in [0.4, 0.5) is 5.69 Å². The van der Waals surface area contributed by atoms with Gasteiger partial charge in [0.2, 0.25) is 5.12 Å². The maximum absolute atomic E-state index is 12.1. The second-order valence-electron chi connectivity index (χ2n) is 4.50. The van der Waals surface area contributed by atoms with Crippen LogP contribution >= 0.6 is 11.8 Å². The molecule has 1 unspecified atom stereocenters. The van der Waals surface area contributed by atoms with E-state index in [2.05, 4.69) is 10.1 Å². The predicted octanol–water partition coefficient (Wildman–Crippen LogP) is 1.14. The van der Waals surface area contributed by atoms with Crippen molar-refractivity contribution in [1.29, 1.82) is 0 Å². The second-order valence-corrected chi connectivity index (χ2v) is 5.60. The highest BCUT2D eigenvalue weighted by molar-refractivity contribution is 8.14. The van der Waals surface area contributed by atoms with E-state index in [0.29, 0.717) is 12.2 Å². The molecule has 1 aliphatic heterocycles. The molecular formula is C13H12N2O6S. The first-order valence-corrected chi connectivity index (χ1v) is 7.26. The lowest BCUT2D eigenvalue weighted by Gasteiger charge is -2.10. The number of amides is 1. The van der Waals surface area contributed by atoms with E-state index in [4.69, 9.17) is 0 Å². The molecule has 0 spiro atoms. The Labute approximate surface area is 129 Å². The van der Waals surface area contributed by atoms with Crippen LogP contribution in [0.2, 0.25) is 0 Å². The molecule has 1 amide bonds. The van der Waals surface area contributed by atoms with Crippen molar-refractivity contribution >= 4 is 34.4 Å². The van der Waals surface area contributed by atoms with Gasteiger partial charge in [0.1, 0.15) is 0 Å². The summed E-state index contributed by atoms with van der Waals surface area (Å²) >= 11 is 1.13. The molecule has 0 aliphatic carbocycles. The van der Waals surface area contributed by atoms with Crippen LogP contribution in [0.3, 0.4) is 0 Å². The Bertz CT molecular complexity index is 660. The number of thioether (sulfide) groups is 1. The number of ether oxygens (including phenoxy) is 1. The highest BCUT2D eigenvalue weighted by atomic mass is 32.2. The van der Waals surface area contributed by atoms with Crippen molar-refractivity contribution in [3.05, 3.63) is 39.4 Å². The van der Waals surface area contributed by atoms with Crippen molar-refractivity contribution in [2.75, 3.05) is 12.9 Å². The maximum Gasteiger partial charge on any atom is 0.338 e. The molecule has 1 aromatic rings. The molecule has 22 heavy (non-hydrogen) atoms. The number of carbonyl (C=O) groups is 3. The van der Waals surface area contributed by atoms with Crippen molar-refractivity contribution in [3.8, 4) is 0 Å². The summed E-state index contributed by atoms with van der Waals surface area (Å²) in [4.78, 5) is 45.4. The summed E-state index contributed by atoms with van der Waals surface area (Å²) in [6.07, 6.45) is 0.508. The number of nitrogens with zero attached hydrogens (tertiary/aromatic N) is 1. The number of nitro groups is 1. The molecule has 0 bridgehead atoms. The van der Waals surface area contributed by atoms with E-state index in [1.165, 1.54) is 6.07 Å². The smallest absolute Gasteiger partial charge is 0.338 e. The molecular weight excluding hydrogens is 312 g/mol. The summed E-state index contributed by atoms with van der Waals surface area (Å²) < 4.78 is 4.51. The average Bonchev–Trinajstić information content (AvgIpc) is 2.91. The minimum atomic E-state index is -0.787. The Balaban J connectivity index is 2.30. The summed E-state index contributed by atoms with van der Waals surface area (Å²) in [5.41, 5.74) is -0.576. The highest BCUT2D eigenvalue weighted by Crippen LogP contribution is 2.21. The van der Waals surface area contributed by atoms with E-state index in [9.17, 15) is 24.5 Å². The summed E-state index contributed by atoms with van der Waals surface area (Å²) in [5, 5.41) is 13.3. The third-order valence-corrected chi connectivity index (χ3v) is 4.06. The number of hydrogen-bond acceptors (Lipinski definition) is 7. The quantitative estimate of drug-likeness (QED) is 0.501. The Morgan fingerprint density at radius 3 is 2.59 bits per heavy atom. The van der Waals surface area contributed by atoms with Crippen molar-refractivity contribution in [2.45, 2.75) is 12.5 Å². The second kappa shape index (κ2) is 6.56. The summed E-state index contributed by atoms with van der Waals surface area (Å²) in [6.45, 7) is 0. The number of benzene rings is 1. The standard InChI is InChI=1S/C13H12N2O6S/c1-21-12(17)8-4-7(5-9(6-8)15(19)20)11(16)14-10-2-3-22-13(10)18/h4-6,10H,2-3H2,1H3,(H,14,16). The van der Waals surface area contributed by atoms with Crippen LogP contribution in [-0.4, -0.2) is 40.8 Å². The monoisotopic (exact) mass is 324 g/mol. The van der Waals surface area contributed by atoms with Gasteiger partial charge in [-0.3, -0.25) is 19.7 Å². The molecule has 0 radical (unpaired) electrons. The number of esters is 1.